The van der Waals surface area contributed by atoms with Crippen LogP contribution in [0.4, 0.5) is 0 Å². The van der Waals surface area contributed by atoms with Crippen molar-refractivity contribution < 1.29 is 14.3 Å². The molecule has 0 bridgehead atoms. The number of carbonyl (C=O) groups is 1. The zero-order valence-corrected chi connectivity index (χ0v) is 11.2. The van der Waals surface area contributed by atoms with Crippen LogP contribution < -0.4 is 0 Å². The number of rotatable bonds is 5. The van der Waals surface area contributed by atoms with E-state index in [0.29, 0.717) is 30.5 Å². The summed E-state index contributed by atoms with van der Waals surface area (Å²) in [5.74, 6) is -0.0810. The Bertz CT molecular complexity index is 413. The minimum atomic E-state index is -0.103. The van der Waals surface area contributed by atoms with Gasteiger partial charge in [0.2, 0.25) is 0 Å². The van der Waals surface area contributed by atoms with Crippen LogP contribution in [0.25, 0.3) is 0 Å². The Morgan fingerprint density at radius 2 is 2.56 bits per heavy atom. The van der Waals surface area contributed by atoms with Crippen molar-refractivity contribution in [2.45, 2.75) is 19.4 Å². The first-order chi connectivity index (χ1) is 8.74. The summed E-state index contributed by atoms with van der Waals surface area (Å²) in [5, 5.41) is 4.52. The molecule has 0 radical (unpaired) electrons. The molecule has 0 aromatic carbocycles. The first kappa shape index (κ1) is 13.5. The van der Waals surface area contributed by atoms with Crippen molar-refractivity contribution in [3.8, 4) is 0 Å². The molecule has 1 aromatic heterocycles. The summed E-state index contributed by atoms with van der Waals surface area (Å²) in [6, 6.07) is 0. The number of aromatic nitrogens is 2. The van der Waals surface area contributed by atoms with Gasteiger partial charge in [0.1, 0.15) is 5.69 Å². The highest BCUT2D eigenvalue weighted by Gasteiger charge is 2.27. The number of Topliss-reactive ketones (excluding diaryl/α,β-unsaturated/α-hetero) is 1. The molecule has 0 spiro atoms. The highest BCUT2D eigenvalue weighted by atomic mass is 35.5. The second kappa shape index (κ2) is 6.31. The van der Waals surface area contributed by atoms with Crippen LogP contribution in [0.3, 0.4) is 0 Å². The maximum Gasteiger partial charge on any atom is 0.187 e. The molecule has 0 aliphatic carbocycles. The zero-order valence-electron chi connectivity index (χ0n) is 10.4. The maximum atomic E-state index is 12.4. The average Bonchev–Trinajstić information content (AvgIpc) is 2.77. The molecular formula is C12H17ClN2O3. The van der Waals surface area contributed by atoms with E-state index < -0.39 is 0 Å². The number of hydrogen-bond acceptors (Lipinski definition) is 4. The lowest BCUT2D eigenvalue weighted by atomic mass is 9.95. The average molecular weight is 273 g/mol. The maximum absolute atomic E-state index is 12.4. The van der Waals surface area contributed by atoms with E-state index in [1.165, 1.54) is 6.20 Å². The second-order valence-corrected chi connectivity index (χ2v) is 4.74. The van der Waals surface area contributed by atoms with Crippen LogP contribution in [0.2, 0.25) is 5.02 Å². The predicted molar refractivity (Wildman–Crippen MR) is 67.0 cm³/mol. The number of ketones is 1. The molecule has 1 aromatic rings. The van der Waals surface area contributed by atoms with Crippen molar-refractivity contribution in [3.05, 3.63) is 16.9 Å². The summed E-state index contributed by atoms with van der Waals surface area (Å²) in [7, 11) is 1.61. The molecule has 0 saturated carbocycles. The highest BCUT2D eigenvalue weighted by Crippen LogP contribution is 2.23. The topological polar surface area (TPSA) is 53.4 Å². The van der Waals surface area contributed by atoms with E-state index in [4.69, 9.17) is 21.1 Å². The number of methoxy groups -OCH3 is 1. The van der Waals surface area contributed by atoms with Crippen molar-refractivity contribution in [3.63, 3.8) is 0 Å². The van der Waals surface area contributed by atoms with Crippen molar-refractivity contribution in [1.29, 1.82) is 0 Å². The van der Waals surface area contributed by atoms with E-state index in [1.54, 1.807) is 11.8 Å². The van der Waals surface area contributed by atoms with Gasteiger partial charge < -0.3 is 9.47 Å². The second-order valence-electron chi connectivity index (χ2n) is 4.34. The molecule has 0 N–H and O–H groups in total. The summed E-state index contributed by atoms with van der Waals surface area (Å²) in [5.41, 5.74) is 0.476. The van der Waals surface area contributed by atoms with Crippen LogP contribution in [0.1, 0.15) is 23.3 Å². The molecule has 1 aliphatic heterocycles. The third kappa shape index (κ3) is 2.91. The van der Waals surface area contributed by atoms with Gasteiger partial charge in [0, 0.05) is 19.6 Å². The van der Waals surface area contributed by atoms with Crippen LogP contribution in [-0.4, -0.2) is 42.5 Å². The Morgan fingerprint density at radius 1 is 1.72 bits per heavy atom. The first-order valence-electron chi connectivity index (χ1n) is 6.06. The van der Waals surface area contributed by atoms with E-state index in [-0.39, 0.29) is 11.7 Å². The van der Waals surface area contributed by atoms with Crippen LogP contribution in [-0.2, 0) is 16.0 Å². The highest BCUT2D eigenvalue weighted by molar-refractivity contribution is 6.33. The first-order valence-corrected chi connectivity index (χ1v) is 6.44. The summed E-state index contributed by atoms with van der Waals surface area (Å²) < 4.78 is 12.0. The number of nitrogens with zero attached hydrogens (tertiary/aromatic N) is 2. The summed E-state index contributed by atoms with van der Waals surface area (Å²) >= 11 is 6.05. The monoisotopic (exact) mass is 272 g/mol. The largest absolute Gasteiger partial charge is 0.383 e. The minimum Gasteiger partial charge on any atom is -0.383 e. The molecule has 6 heteroatoms. The van der Waals surface area contributed by atoms with Gasteiger partial charge in [-0.2, -0.15) is 5.10 Å². The molecule has 1 unspecified atom stereocenters. The van der Waals surface area contributed by atoms with Gasteiger partial charge in [-0.15, -0.1) is 0 Å². The van der Waals surface area contributed by atoms with Crippen LogP contribution in [0.15, 0.2) is 6.20 Å². The fraction of sp³-hybridized carbons (Fsp3) is 0.667. The standard InChI is InChI=1S/C12H17ClN2O3/c1-17-6-4-15-11(10(13)7-14-15)12(16)9-3-2-5-18-8-9/h7,9H,2-6,8H2,1H3. The van der Waals surface area contributed by atoms with E-state index in [1.807, 2.05) is 0 Å². The molecule has 2 heterocycles. The number of carbonyl (C=O) groups excluding carboxylic acids is 1. The molecule has 1 fully saturated rings. The van der Waals surface area contributed by atoms with Crippen molar-refractivity contribution in [2.24, 2.45) is 5.92 Å². The van der Waals surface area contributed by atoms with Gasteiger partial charge in [-0.25, -0.2) is 0 Å². The van der Waals surface area contributed by atoms with Gasteiger partial charge in [-0.1, -0.05) is 11.6 Å². The third-order valence-electron chi connectivity index (χ3n) is 3.07. The van der Waals surface area contributed by atoms with Gasteiger partial charge in [0.05, 0.1) is 31.0 Å². The lowest BCUT2D eigenvalue weighted by Crippen LogP contribution is -2.27. The Kier molecular flexibility index (Phi) is 4.74. The Morgan fingerprint density at radius 3 is 3.22 bits per heavy atom. The normalized spacial score (nSPS) is 20.0. The SMILES string of the molecule is COCCn1ncc(Cl)c1C(=O)C1CCCOC1. The predicted octanol–water partition coefficient (Wildman–Crippen LogP) is 1.79. The quantitative estimate of drug-likeness (QED) is 0.767. The molecule has 1 atom stereocenters. The summed E-state index contributed by atoms with van der Waals surface area (Å²) in [4.78, 5) is 12.4. The van der Waals surface area contributed by atoms with Gasteiger partial charge in [0.25, 0.3) is 0 Å². The van der Waals surface area contributed by atoms with E-state index >= 15 is 0 Å². The molecule has 5 nitrogen and oxygen atoms in total. The van der Waals surface area contributed by atoms with Gasteiger partial charge in [-0.3, -0.25) is 9.48 Å². The summed E-state index contributed by atoms with van der Waals surface area (Å²) in [6.07, 6.45) is 3.28. The molecule has 0 amide bonds. The van der Waals surface area contributed by atoms with E-state index in [9.17, 15) is 4.79 Å². The number of ether oxygens (including phenoxy) is 2. The number of halogens is 1. The molecule has 1 saturated heterocycles. The molecular weight excluding hydrogens is 256 g/mol. The third-order valence-corrected chi connectivity index (χ3v) is 3.34. The molecule has 2 rings (SSSR count). The fourth-order valence-corrected chi connectivity index (χ4v) is 2.33. The van der Waals surface area contributed by atoms with Crippen LogP contribution in [0.5, 0.6) is 0 Å². The van der Waals surface area contributed by atoms with Crippen LogP contribution in [0, 0.1) is 5.92 Å². The lowest BCUT2D eigenvalue weighted by Gasteiger charge is -2.21. The van der Waals surface area contributed by atoms with Crippen molar-refractivity contribution >= 4 is 17.4 Å². The lowest BCUT2D eigenvalue weighted by molar-refractivity contribution is 0.0453. The van der Waals surface area contributed by atoms with Gasteiger partial charge in [0.15, 0.2) is 5.78 Å². The Hall–Kier alpha value is -0.910. The molecule has 18 heavy (non-hydrogen) atoms. The van der Waals surface area contributed by atoms with Crippen molar-refractivity contribution in [1.82, 2.24) is 9.78 Å². The van der Waals surface area contributed by atoms with E-state index in [0.717, 1.165) is 19.4 Å². The van der Waals surface area contributed by atoms with Gasteiger partial charge in [-0.05, 0) is 12.8 Å². The van der Waals surface area contributed by atoms with E-state index in [2.05, 4.69) is 5.10 Å². The van der Waals surface area contributed by atoms with Gasteiger partial charge >= 0.3 is 0 Å². The fourth-order valence-electron chi connectivity index (χ4n) is 2.10. The van der Waals surface area contributed by atoms with Crippen molar-refractivity contribution in [2.75, 3.05) is 26.9 Å². The summed E-state index contributed by atoms with van der Waals surface area (Å²) in [6.45, 7) is 2.24. The smallest absolute Gasteiger partial charge is 0.187 e. The zero-order chi connectivity index (χ0) is 13.0. The Labute approximate surface area is 111 Å². The molecule has 1 aliphatic rings. The molecule has 100 valence electrons. The minimum absolute atomic E-state index is 0.0216. The van der Waals surface area contributed by atoms with Crippen LogP contribution >= 0.6 is 11.6 Å². The Balaban J connectivity index is 2.14. The number of hydrogen-bond donors (Lipinski definition) is 0.